The highest BCUT2D eigenvalue weighted by molar-refractivity contribution is 5.83. The van der Waals surface area contributed by atoms with Crippen LogP contribution in [0, 0.1) is 0 Å². The second kappa shape index (κ2) is 10.7. The number of nitrogens with zero attached hydrogens (tertiary/aromatic N) is 2. The summed E-state index contributed by atoms with van der Waals surface area (Å²) in [5.74, 6) is 0.755. The van der Waals surface area contributed by atoms with E-state index in [0.717, 1.165) is 0 Å². The first kappa shape index (κ1) is 23.3. The van der Waals surface area contributed by atoms with Crippen molar-refractivity contribution in [3.63, 3.8) is 0 Å². The highest BCUT2D eigenvalue weighted by Crippen LogP contribution is 2.26. The molecule has 1 saturated heterocycles. The van der Waals surface area contributed by atoms with Crippen LogP contribution in [0.3, 0.4) is 0 Å². The molecule has 1 N–H and O–H groups in total. The second-order valence-electron chi connectivity index (χ2n) is 7.79. The van der Waals surface area contributed by atoms with Gasteiger partial charge >= 0.3 is 6.09 Å². The maximum absolute atomic E-state index is 12.4. The summed E-state index contributed by atoms with van der Waals surface area (Å²) >= 11 is 0. The minimum Gasteiger partial charge on any atom is -0.490 e. The summed E-state index contributed by atoms with van der Waals surface area (Å²) < 4.78 is 16.2. The van der Waals surface area contributed by atoms with Gasteiger partial charge in [-0.25, -0.2) is 4.79 Å². The molecule has 166 valence electrons. The van der Waals surface area contributed by atoms with Crippen LogP contribution in [0.5, 0.6) is 11.5 Å². The van der Waals surface area contributed by atoms with Crippen LogP contribution in [-0.4, -0.2) is 79.2 Å². The summed E-state index contributed by atoms with van der Waals surface area (Å²) in [6, 6.07) is 7.21. The molecule has 1 aliphatic rings. The van der Waals surface area contributed by atoms with Gasteiger partial charge in [-0.3, -0.25) is 9.59 Å². The maximum atomic E-state index is 12.4. The Balaban J connectivity index is 1.74. The van der Waals surface area contributed by atoms with Gasteiger partial charge in [0, 0.05) is 26.2 Å². The molecule has 0 saturated carbocycles. The van der Waals surface area contributed by atoms with Crippen molar-refractivity contribution in [2.75, 3.05) is 45.9 Å². The molecule has 0 unspecified atom stereocenters. The quantitative estimate of drug-likeness (QED) is 0.719. The van der Waals surface area contributed by atoms with Crippen LogP contribution < -0.4 is 14.8 Å². The molecule has 1 aliphatic heterocycles. The van der Waals surface area contributed by atoms with E-state index in [2.05, 4.69) is 5.32 Å². The molecule has 9 heteroatoms. The van der Waals surface area contributed by atoms with Crippen molar-refractivity contribution in [3.05, 3.63) is 24.3 Å². The van der Waals surface area contributed by atoms with Crippen LogP contribution in [0.15, 0.2) is 24.3 Å². The number of nitrogens with one attached hydrogen (secondary N) is 1. The van der Waals surface area contributed by atoms with Gasteiger partial charge in [0.05, 0.1) is 6.61 Å². The summed E-state index contributed by atoms with van der Waals surface area (Å²) in [7, 11) is 0. The fourth-order valence-electron chi connectivity index (χ4n) is 2.85. The van der Waals surface area contributed by atoms with E-state index in [4.69, 9.17) is 14.2 Å². The van der Waals surface area contributed by atoms with Crippen molar-refractivity contribution in [1.82, 2.24) is 15.1 Å². The fourth-order valence-corrected chi connectivity index (χ4v) is 2.85. The zero-order chi connectivity index (χ0) is 22.1. The number of rotatable bonds is 7. The minimum absolute atomic E-state index is 0.0990. The predicted molar refractivity (Wildman–Crippen MR) is 111 cm³/mol. The highest BCUT2D eigenvalue weighted by atomic mass is 16.6. The predicted octanol–water partition coefficient (Wildman–Crippen LogP) is 1.66. The van der Waals surface area contributed by atoms with E-state index in [1.54, 1.807) is 42.7 Å². The third-order valence-corrected chi connectivity index (χ3v) is 4.27. The molecule has 0 atom stereocenters. The number of amides is 3. The Kier molecular flexibility index (Phi) is 8.32. The standard InChI is InChI=1S/C21H31N3O6/c1-5-28-16-8-6-7-9-17(16)29-15-19(26)24-12-10-23(11-13-24)18(25)14-22-20(27)30-21(2,3)4/h6-9H,5,10-15H2,1-4H3,(H,22,27). The van der Waals surface area contributed by atoms with Crippen LogP contribution in [0.1, 0.15) is 27.7 Å². The molecular formula is C21H31N3O6. The molecule has 1 heterocycles. The molecule has 9 nitrogen and oxygen atoms in total. The largest absolute Gasteiger partial charge is 0.490 e. The number of alkyl carbamates (subject to hydrolysis) is 1. The van der Waals surface area contributed by atoms with Crippen LogP contribution in [0.25, 0.3) is 0 Å². The van der Waals surface area contributed by atoms with Crippen molar-refractivity contribution in [2.24, 2.45) is 0 Å². The Labute approximate surface area is 177 Å². The van der Waals surface area contributed by atoms with Gasteiger partial charge in [0.15, 0.2) is 18.1 Å². The molecule has 1 aromatic carbocycles. The number of carbonyl (C=O) groups is 3. The Morgan fingerprint density at radius 3 is 2.00 bits per heavy atom. The van der Waals surface area contributed by atoms with E-state index >= 15 is 0 Å². The number of para-hydroxylation sites is 2. The maximum Gasteiger partial charge on any atom is 0.408 e. The lowest BCUT2D eigenvalue weighted by atomic mass is 10.2. The SMILES string of the molecule is CCOc1ccccc1OCC(=O)N1CCN(C(=O)CNC(=O)OC(C)(C)C)CC1. The van der Waals surface area contributed by atoms with Gasteiger partial charge in [0.2, 0.25) is 5.91 Å². The lowest BCUT2D eigenvalue weighted by Gasteiger charge is -2.34. The average molecular weight is 421 g/mol. The zero-order valence-electron chi connectivity index (χ0n) is 18.1. The monoisotopic (exact) mass is 421 g/mol. The topological polar surface area (TPSA) is 97.4 Å². The first-order valence-corrected chi connectivity index (χ1v) is 10.1. The molecule has 0 aliphatic carbocycles. The Hall–Kier alpha value is -2.97. The fraction of sp³-hybridized carbons (Fsp3) is 0.571. The van der Waals surface area contributed by atoms with Gasteiger partial charge in [0.25, 0.3) is 5.91 Å². The van der Waals surface area contributed by atoms with Crippen molar-refractivity contribution < 1.29 is 28.6 Å². The molecular weight excluding hydrogens is 390 g/mol. The Bertz CT molecular complexity index is 739. The van der Waals surface area contributed by atoms with Crippen molar-refractivity contribution in [1.29, 1.82) is 0 Å². The van der Waals surface area contributed by atoms with E-state index < -0.39 is 11.7 Å². The second-order valence-corrected chi connectivity index (χ2v) is 7.79. The van der Waals surface area contributed by atoms with E-state index in [0.29, 0.717) is 44.3 Å². The van der Waals surface area contributed by atoms with Crippen LogP contribution in [0.2, 0.25) is 0 Å². The Morgan fingerprint density at radius 1 is 0.933 bits per heavy atom. The van der Waals surface area contributed by atoms with E-state index in [1.807, 2.05) is 19.1 Å². The van der Waals surface area contributed by atoms with Gasteiger partial charge in [0.1, 0.15) is 12.1 Å². The van der Waals surface area contributed by atoms with Gasteiger partial charge < -0.3 is 29.3 Å². The molecule has 2 rings (SSSR count). The Morgan fingerprint density at radius 2 is 1.47 bits per heavy atom. The molecule has 30 heavy (non-hydrogen) atoms. The first-order valence-electron chi connectivity index (χ1n) is 10.1. The smallest absolute Gasteiger partial charge is 0.408 e. The van der Waals surface area contributed by atoms with Crippen molar-refractivity contribution >= 4 is 17.9 Å². The summed E-state index contributed by atoms with van der Waals surface area (Å²) in [4.78, 5) is 39.7. The minimum atomic E-state index is -0.630. The number of benzene rings is 1. The van der Waals surface area contributed by atoms with Crippen LogP contribution in [0.4, 0.5) is 4.79 Å². The van der Waals surface area contributed by atoms with Gasteiger partial charge in [-0.1, -0.05) is 12.1 Å². The van der Waals surface area contributed by atoms with Crippen molar-refractivity contribution in [3.8, 4) is 11.5 Å². The summed E-state index contributed by atoms with van der Waals surface area (Å²) in [6.45, 7) is 9.03. The third-order valence-electron chi connectivity index (χ3n) is 4.27. The normalized spacial score (nSPS) is 14.1. The van der Waals surface area contributed by atoms with Gasteiger partial charge in [-0.2, -0.15) is 0 Å². The van der Waals surface area contributed by atoms with Gasteiger partial charge in [-0.05, 0) is 39.8 Å². The van der Waals surface area contributed by atoms with E-state index in [9.17, 15) is 14.4 Å². The number of ether oxygens (including phenoxy) is 3. The molecule has 1 aromatic rings. The number of hydrogen-bond donors (Lipinski definition) is 1. The molecule has 0 aromatic heterocycles. The number of hydrogen-bond acceptors (Lipinski definition) is 6. The summed E-state index contributed by atoms with van der Waals surface area (Å²) in [5, 5.41) is 2.46. The van der Waals surface area contributed by atoms with Gasteiger partial charge in [-0.15, -0.1) is 0 Å². The molecule has 0 spiro atoms. The highest BCUT2D eigenvalue weighted by Gasteiger charge is 2.25. The summed E-state index contributed by atoms with van der Waals surface area (Å²) in [5.41, 5.74) is -0.621. The van der Waals surface area contributed by atoms with E-state index in [1.165, 1.54) is 0 Å². The van der Waals surface area contributed by atoms with Crippen molar-refractivity contribution in [2.45, 2.75) is 33.3 Å². The summed E-state index contributed by atoms with van der Waals surface area (Å²) in [6.07, 6.45) is -0.630. The first-order chi connectivity index (χ1) is 14.2. The number of carbonyl (C=O) groups excluding carboxylic acids is 3. The zero-order valence-corrected chi connectivity index (χ0v) is 18.1. The lowest BCUT2D eigenvalue weighted by molar-refractivity contribution is -0.140. The molecule has 0 bridgehead atoms. The lowest BCUT2D eigenvalue weighted by Crippen LogP contribution is -2.53. The molecule has 3 amide bonds. The van der Waals surface area contributed by atoms with Crippen LogP contribution in [-0.2, 0) is 14.3 Å². The van der Waals surface area contributed by atoms with E-state index in [-0.39, 0.29) is 25.0 Å². The third kappa shape index (κ3) is 7.46. The average Bonchev–Trinajstić information content (AvgIpc) is 2.70. The number of piperazine rings is 1. The molecule has 1 fully saturated rings. The molecule has 0 radical (unpaired) electrons. The van der Waals surface area contributed by atoms with Crippen LogP contribution >= 0.6 is 0 Å².